The molecular weight excluding hydrogens is 402 g/mol. The highest BCUT2D eigenvalue weighted by Gasteiger charge is 2.29. The highest BCUT2D eigenvalue weighted by atomic mass is 32.1. The number of hydrogen-bond acceptors (Lipinski definition) is 7. The molecule has 0 atom stereocenters. The van der Waals surface area contributed by atoms with Crippen LogP contribution in [-0.2, 0) is 11.2 Å². The van der Waals surface area contributed by atoms with Crippen LogP contribution in [0.5, 0.6) is 0 Å². The van der Waals surface area contributed by atoms with E-state index in [2.05, 4.69) is 15.3 Å². The third kappa shape index (κ3) is 4.20. The van der Waals surface area contributed by atoms with E-state index >= 15 is 0 Å². The fraction of sp³-hybridized carbons (Fsp3) is 0.364. The molecule has 3 aromatic rings. The normalized spacial score (nSPS) is 14.6. The number of ether oxygens (including phenoxy) is 1. The summed E-state index contributed by atoms with van der Waals surface area (Å²) in [4.78, 5) is 35.2. The molecule has 30 heavy (non-hydrogen) atoms. The smallest absolute Gasteiger partial charge is 0.259 e. The van der Waals surface area contributed by atoms with E-state index in [1.165, 1.54) is 11.3 Å². The monoisotopic (exact) mass is 425 g/mol. The molecule has 3 aromatic heterocycles. The molecule has 156 valence electrons. The maximum absolute atomic E-state index is 13.2. The van der Waals surface area contributed by atoms with Crippen LogP contribution in [0.4, 0.5) is 5.13 Å². The Balaban J connectivity index is 1.62. The Morgan fingerprint density at radius 2 is 2.10 bits per heavy atom. The number of nitrogens with zero attached hydrogens (tertiary/aromatic N) is 2. The van der Waals surface area contributed by atoms with Crippen molar-refractivity contribution in [2.45, 2.75) is 33.1 Å². The molecule has 0 unspecified atom stereocenters. The Morgan fingerprint density at radius 3 is 2.80 bits per heavy atom. The van der Waals surface area contributed by atoms with Gasteiger partial charge in [-0.3, -0.25) is 19.9 Å². The van der Waals surface area contributed by atoms with Crippen molar-refractivity contribution in [2.24, 2.45) is 5.92 Å². The lowest BCUT2D eigenvalue weighted by atomic mass is 9.94. The molecule has 4 heterocycles. The maximum atomic E-state index is 13.2. The van der Waals surface area contributed by atoms with Gasteiger partial charge in [-0.15, -0.1) is 0 Å². The van der Waals surface area contributed by atoms with Gasteiger partial charge >= 0.3 is 0 Å². The number of hydrogen-bond donors (Lipinski definition) is 1. The average Bonchev–Trinajstić information content (AvgIpc) is 3.44. The largest absolute Gasteiger partial charge is 0.463 e. The molecule has 4 rings (SSSR count). The minimum Gasteiger partial charge on any atom is -0.463 e. The number of ketones is 1. The first-order valence-electron chi connectivity index (χ1n) is 10.00. The molecule has 1 saturated heterocycles. The number of carbonyl (C=O) groups is 2. The van der Waals surface area contributed by atoms with Crippen LogP contribution in [0.2, 0.25) is 0 Å². The number of Topliss-reactive ketones (excluding diaryl/α,β-unsaturated/α-hetero) is 1. The number of aromatic nitrogens is 2. The topological polar surface area (TPSA) is 94.3 Å². The van der Waals surface area contributed by atoms with Gasteiger partial charge in [0, 0.05) is 31.0 Å². The summed E-state index contributed by atoms with van der Waals surface area (Å²) in [6.07, 6.45) is 5.26. The first-order chi connectivity index (χ1) is 14.6. The summed E-state index contributed by atoms with van der Waals surface area (Å²) in [5.74, 6) is 0.118. The number of thiazole rings is 1. The first-order valence-corrected chi connectivity index (χ1v) is 10.8. The van der Waals surface area contributed by atoms with Crippen LogP contribution in [0, 0.1) is 12.8 Å². The predicted octanol–water partition coefficient (Wildman–Crippen LogP) is 4.53. The zero-order chi connectivity index (χ0) is 21.1. The van der Waals surface area contributed by atoms with Crippen molar-refractivity contribution in [3.05, 3.63) is 52.4 Å². The van der Waals surface area contributed by atoms with Gasteiger partial charge in [0.2, 0.25) is 0 Å². The third-order valence-corrected chi connectivity index (χ3v) is 6.24. The van der Waals surface area contributed by atoms with E-state index in [4.69, 9.17) is 9.15 Å². The number of amides is 1. The lowest BCUT2D eigenvalue weighted by Crippen LogP contribution is -2.23. The van der Waals surface area contributed by atoms with Crippen molar-refractivity contribution in [3.8, 4) is 11.5 Å². The Bertz CT molecular complexity index is 1050. The van der Waals surface area contributed by atoms with Gasteiger partial charge in [0.15, 0.2) is 16.7 Å². The first kappa shape index (κ1) is 20.4. The van der Waals surface area contributed by atoms with E-state index in [0.29, 0.717) is 53.1 Å². The summed E-state index contributed by atoms with van der Waals surface area (Å²) in [6.45, 7) is 5.10. The predicted molar refractivity (Wildman–Crippen MR) is 114 cm³/mol. The van der Waals surface area contributed by atoms with Gasteiger partial charge in [0.1, 0.15) is 10.6 Å². The fourth-order valence-corrected chi connectivity index (χ4v) is 4.48. The maximum Gasteiger partial charge on any atom is 0.259 e. The highest BCUT2D eigenvalue weighted by Crippen LogP contribution is 2.35. The number of pyridine rings is 1. The molecule has 8 heteroatoms. The number of carbonyl (C=O) groups excluding carboxylic acids is 2. The molecule has 0 radical (unpaired) electrons. The van der Waals surface area contributed by atoms with Crippen LogP contribution >= 0.6 is 11.3 Å². The van der Waals surface area contributed by atoms with Crippen molar-refractivity contribution in [3.63, 3.8) is 0 Å². The zero-order valence-electron chi connectivity index (χ0n) is 16.9. The number of aryl methyl sites for hydroxylation is 2. The summed E-state index contributed by atoms with van der Waals surface area (Å²) in [5.41, 5.74) is 2.86. The van der Waals surface area contributed by atoms with Crippen LogP contribution in [0.15, 0.2) is 35.1 Å². The second-order valence-electron chi connectivity index (χ2n) is 7.20. The van der Waals surface area contributed by atoms with Crippen LogP contribution in [0.25, 0.3) is 11.5 Å². The molecule has 7 nitrogen and oxygen atoms in total. The summed E-state index contributed by atoms with van der Waals surface area (Å²) in [5, 5.41) is 3.18. The summed E-state index contributed by atoms with van der Waals surface area (Å²) in [6, 6.07) is 5.35. The molecule has 0 bridgehead atoms. The van der Waals surface area contributed by atoms with Crippen LogP contribution < -0.4 is 5.32 Å². The van der Waals surface area contributed by atoms with E-state index in [-0.39, 0.29) is 17.6 Å². The van der Waals surface area contributed by atoms with Crippen molar-refractivity contribution in [1.82, 2.24) is 9.97 Å². The molecule has 1 fully saturated rings. The van der Waals surface area contributed by atoms with Gasteiger partial charge in [-0.05, 0) is 49.9 Å². The molecule has 1 N–H and O–H groups in total. The van der Waals surface area contributed by atoms with Crippen molar-refractivity contribution < 1.29 is 18.7 Å². The van der Waals surface area contributed by atoms with Gasteiger partial charge in [0.05, 0.1) is 11.8 Å². The van der Waals surface area contributed by atoms with E-state index in [1.54, 1.807) is 24.6 Å². The van der Waals surface area contributed by atoms with E-state index in [1.807, 2.05) is 19.9 Å². The molecule has 0 aromatic carbocycles. The van der Waals surface area contributed by atoms with Crippen molar-refractivity contribution in [1.29, 1.82) is 0 Å². The second-order valence-corrected chi connectivity index (χ2v) is 8.20. The van der Waals surface area contributed by atoms with E-state index < -0.39 is 0 Å². The van der Waals surface area contributed by atoms with E-state index in [0.717, 1.165) is 17.7 Å². The van der Waals surface area contributed by atoms with Crippen molar-refractivity contribution in [2.75, 3.05) is 18.5 Å². The average molecular weight is 426 g/mol. The van der Waals surface area contributed by atoms with Crippen LogP contribution in [0.1, 0.15) is 51.1 Å². The minimum atomic E-state index is -0.304. The Kier molecular flexibility index (Phi) is 6.06. The number of rotatable bonds is 6. The zero-order valence-corrected chi connectivity index (χ0v) is 17.8. The SMILES string of the molecule is CCc1cc(C(=O)Nc2nc(-c3ccco3)c(C(=O)C3CCOCC3)s2)cnc1C. The number of nitrogens with one attached hydrogen (secondary N) is 1. The number of furan rings is 1. The third-order valence-electron chi connectivity index (χ3n) is 5.25. The second kappa shape index (κ2) is 8.89. The number of anilines is 1. The van der Waals surface area contributed by atoms with Crippen molar-refractivity contribution >= 4 is 28.2 Å². The van der Waals surface area contributed by atoms with Gasteiger partial charge in [-0.2, -0.15) is 0 Å². The Morgan fingerprint density at radius 1 is 1.30 bits per heavy atom. The fourth-order valence-electron chi connectivity index (χ4n) is 3.50. The summed E-state index contributed by atoms with van der Waals surface area (Å²) >= 11 is 1.18. The molecule has 0 aliphatic carbocycles. The molecule has 1 aliphatic heterocycles. The standard InChI is InChI=1S/C22H23N3O4S/c1-3-14-11-16(12-23-13(14)2)21(27)25-22-24-18(17-5-4-8-29-17)20(30-22)19(26)15-6-9-28-10-7-15/h4-5,8,11-12,15H,3,6-7,9-10H2,1-2H3,(H,24,25,27). The lowest BCUT2D eigenvalue weighted by Gasteiger charge is -2.20. The lowest BCUT2D eigenvalue weighted by molar-refractivity contribution is 0.0547. The summed E-state index contributed by atoms with van der Waals surface area (Å²) < 4.78 is 10.9. The molecule has 1 amide bonds. The highest BCUT2D eigenvalue weighted by molar-refractivity contribution is 7.18. The quantitative estimate of drug-likeness (QED) is 0.583. The van der Waals surface area contributed by atoms with Gasteiger partial charge in [-0.25, -0.2) is 4.98 Å². The van der Waals surface area contributed by atoms with Gasteiger partial charge in [-0.1, -0.05) is 18.3 Å². The summed E-state index contributed by atoms with van der Waals surface area (Å²) in [7, 11) is 0. The Hall–Kier alpha value is -2.84. The molecule has 1 aliphatic rings. The molecule has 0 saturated carbocycles. The minimum absolute atomic E-state index is 0.0213. The van der Waals surface area contributed by atoms with Gasteiger partial charge < -0.3 is 9.15 Å². The van der Waals surface area contributed by atoms with Crippen LogP contribution in [-0.4, -0.2) is 34.9 Å². The van der Waals surface area contributed by atoms with Gasteiger partial charge in [0.25, 0.3) is 5.91 Å². The molecule has 0 spiro atoms. The van der Waals surface area contributed by atoms with E-state index in [9.17, 15) is 9.59 Å². The Labute approximate surface area is 178 Å². The molecular formula is C22H23N3O4S. The van der Waals surface area contributed by atoms with Crippen LogP contribution in [0.3, 0.4) is 0 Å².